The largest absolute Gasteiger partial charge is 0.349 e. The van der Waals surface area contributed by atoms with Crippen molar-refractivity contribution in [1.29, 1.82) is 0 Å². The van der Waals surface area contributed by atoms with E-state index in [1.807, 2.05) is 24.3 Å². The Morgan fingerprint density at radius 1 is 1.10 bits per heavy atom. The van der Waals surface area contributed by atoms with Crippen LogP contribution < -0.4 is 5.32 Å². The predicted octanol–water partition coefficient (Wildman–Crippen LogP) is 4.26. The summed E-state index contributed by atoms with van der Waals surface area (Å²) in [4.78, 5) is 12.2. The lowest BCUT2D eigenvalue weighted by Gasteiger charge is -2.26. The molecule has 0 saturated heterocycles. The first kappa shape index (κ1) is 15.4. The van der Waals surface area contributed by atoms with E-state index in [4.69, 9.17) is 11.6 Å². The minimum Gasteiger partial charge on any atom is -0.349 e. The first-order valence-corrected chi connectivity index (χ1v) is 7.85. The van der Waals surface area contributed by atoms with E-state index in [1.54, 1.807) is 0 Å². The number of rotatable bonds is 2. The summed E-state index contributed by atoms with van der Waals surface area (Å²) in [6.45, 7) is 6.52. The Hall–Kier alpha value is -1.02. The number of nitrogens with one attached hydrogen (secondary N) is 1. The molecule has 0 unspecified atom stereocenters. The van der Waals surface area contributed by atoms with Crippen LogP contribution in [0.25, 0.3) is 0 Å². The molecular formula is C17H24ClNO. The van der Waals surface area contributed by atoms with Gasteiger partial charge in [-0.25, -0.2) is 0 Å². The van der Waals surface area contributed by atoms with Crippen molar-refractivity contribution in [3.63, 3.8) is 0 Å². The van der Waals surface area contributed by atoms with Gasteiger partial charge in [0.2, 0.25) is 0 Å². The molecule has 0 atom stereocenters. The summed E-state index contributed by atoms with van der Waals surface area (Å²) >= 11 is 6.08. The van der Waals surface area contributed by atoms with Gasteiger partial charge in [0.15, 0.2) is 0 Å². The average Bonchev–Trinajstić information content (AvgIpc) is 2.40. The molecule has 110 valence electrons. The molecule has 0 aromatic heterocycles. The zero-order valence-electron chi connectivity index (χ0n) is 12.6. The third kappa shape index (κ3) is 3.99. The molecule has 1 aromatic rings. The van der Waals surface area contributed by atoms with Gasteiger partial charge in [-0.05, 0) is 48.8 Å². The fraction of sp³-hybridized carbons (Fsp3) is 0.588. The Labute approximate surface area is 126 Å². The van der Waals surface area contributed by atoms with Gasteiger partial charge in [0.1, 0.15) is 0 Å². The fourth-order valence-electron chi connectivity index (χ4n) is 2.59. The van der Waals surface area contributed by atoms with E-state index in [-0.39, 0.29) is 22.7 Å². The van der Waals surface area contributed by atoms with Gasteiger partial charge >= 0.3 is 0 Å². The van der Waals surface area contributed by atoms with E-state index in [1.165, 1.54) is 5.56 Å². The molecule has 2 rings (SSSR count). The maximum absolute atomic E-state index is 12.2. The van der Waals surface area contributed by atoms with Gasteiger partial charge in [-0.15, -0.1) is 11.6 Å². The van der Waals surface area contributed by atoms with Crippen molar-refractivity contribution in [3.8, 4) is 0 Å². The normalized spacial score (nSPS) is 23.4. The minimum absolute atomic E-state index is 0.0310. The second-order valence-electron chi connectivity index (χ2n) is 6.75. The predicted molar refractivity (Wildman–Crippen MR) is 84.5 cm³/mol. The third-order valence-corrected chi connectivity index (χ3v) is 4.44. The maximum atomic E-state index is 12.2. The summed E-state index contributed by atoms with van der Waals surface area (Å²) in [7, 11) is 0. The number of amides is 1. The van der Waals surface area contributed by atoms with Crippen LogP contribution in [-0.2, 0) is 5.41 Å². The van der Waals surface area contributed by atoms with Gasteiger partial charge in [0.05, 0.1) is 0 Å². The Morgan fingerprint density at radius 2 is 1.65 bits per heavy atom. The molecule has 20 heavy (non-hydrogen) atoms. The van der Waals surface area contributed by atoms with Crippen molar-refractivity contribution >= 4 is 17.5 Å². The van der Waals surface area contributed by atoms with Crippen LogP contribution in [0.2, 0.25) is 0 Å². The van der Waals surface area contributed by atoms with Crippen molar-refractivity contribution < 1.29 is 4.79 Å². The number of alkyl halides is 1. The first-order valence-electron chi connectivity index (χ1n) is 7.42. The number of carbonyl (C=O) groups excluding carboxylic acids is 1. The molecule has 1 aliphatic rings. The molecule has 1 amide bonds. The molecule has 1 fully saturated rings. The van der Waals surface area contributed by atoms with Gasteiger partial charge in [-0.3, -0.25) is 4.79 Å². The molecule has 2 nitrogen and oxygen atoms in total. The zero-order valence-corrected chi connectivity index (χ0v) is 13.3. The maximum Gasteiger partial charge on any atom is 0.251 e. The Bertz CT molecular complexity index is 453. The molecule has 0 heterocycles. The van der Waals surface area contributed by atoms with Gasteiger partial charge in [0, 0.05) is 17.0 Å². The summed E-state index contributed by atoms with van der Waals surface area (Å²) in [5.74, 6) is 0.0310. The molecular weight excluding hydrogens is 270 g/mol. The van der Waals surface area contributed by atoms with E-state index < -0.39 is 0 Å². The van der Waals surface area contributed by atoms with Crippen LogP contribution in [-0.4, -0.2) is 17.3 Å². The third-order valence-electron chi connectivity index (χ3n) is 4.01. The summed E-state index contributed by atoms with van der Waals surface area (Å²) in [6, 6.07) is 8.21. The van der Waals surface area contributed by atoms with Crippen molar-refractivity contribution in [2.24, 2.45) is 0 Å². The van der Waals surface area contributed by atoms with Crippen LogP contribution >= 0.6 is 11.6 Å². The summed E-state index contributed by atoms with van der Waals surface area (Å²) < 4.78 is 0. The molecule has 1 aromatic carbocycles. The molecule has 0 spiro atoms. The van der Waals surface area contributed by atoms with Gasteiger partial charge in [-0.1, -0.05) is 32.9 Å². The molecule has 0 radical (unpaired) electrons. The number of hydrogen-bond acceptors (Lipinski definition) is 1. The molecule has 0 aliphatic heterocycles. The molecule has 1 aliphatic carbocycles. The quantitative estimate of drug-likeness (QED) is 0.811. The summed E-state index contributed by atoms with van der Waals surface area (Å²) in [5, 5.41) is 3.40. The number of hydrogen-bond donors (Lipinski definition) is 1. The fourth-order valence-corrected chi connectivity index (χ4v) is 2.84. The Morgan fingerprint density at radius 3 is 2.15 bits per heavy atom. The van der Waals surface area contributed by atoms with Crippen LogP contribution in [0.5, 0.6) is 0 Å². The van der Waals surface area contributed by atoms with Crippen LogP contribution in [0.1, 0.15) is 62.4 Å². The van der Waals surface area contributed by atoms with Crippen LogP contribution in [0.15, 0.2) is 24.3 Å². The highest BCUT2D eigenvalue weighted by Crippen LogP contribution is 2.24. The number of carbonyl (C=O) groups is 1. The zero-order chi connectivity index (χ0) is 14.8. The molecule has 3 heteroatoms. The number of halogens is 1. The standard InChI is InChI=1S/C17H24ClNO/c1-17(2,3)13-6-4-12(5-7-13)16(20)19-15-10-8-14(18)9-11-15/h4-7,14-15H,8-11H2,1-3H3,(H,19,20). The average molecular weight is 294 g/mol. The molecule has 1 saturated carbocycles. The smallest absolute Gasteiger partial charge is 0.251 e. The van der Waals surface area contributed by atoms with Crippen molar-refractivity contribution in [2.75, 3.05) is 0 Å². The van der Waals surface area contributed by atoms with Crippen LogP contribution in [0, 0.1) is 0 Å². The highest BCUT2D eigenvalue weighted by Gasteiger charge is 2.21. The highest BCUT2D eigenvalue weighted by molar-refractivity contribution is 6.20. The van der Waals surface area contributed by atoms with Gasteiger partial charge in [0.25, 0.3) is 5.91 Å². The Balaban J connectivity index is 1.96. The second kappa shape index (κ2) is 6.17. The van der Waals surface area contributed by atoms with Crippen LogP contribution in [0.4, 0.5) is 0 Å². The molecule has 0 bridgehead atoms. The van der Waals surface area contributed by atoms with Crippen molar-refractivity contribution in [3.05, 3.63) is 35.4 Å². The second-order valence-corrected chi connectivity index (χ2v) is 7.37. The van der Waals surface area contributed by atoms with Crippen LogP contribution in [0.3, 0.4) is 0 Å². The Kier molecular flexibility index (Phi) is 4.74. The summed E-state index contributed by atoms with van der Waals surface area (Å²) in [5.41, 5.74) is 2.11. The minimum atomic E-state index is 0.0310. The van der Waals surface area contributed by atoms with Crippen molar-refractivity contribution in [1.82, 2.24) is 5.32 Å². The lowest BCUT2D eigenvalue weighted by Crippen LogP contribution is -2.37. The lowest BCUT2D eigenvalue weighted by molar-refractivity contribution is 0.0928. The van der Waals surface area contributed by atoms with E-state index in [9.17, 15) is 4.79 Å². The monoisotopic (exact) mass is 293 g/mol. The summed E-state index contributed by atoms with van der Waals surface area (Å²) in [6.07, 6.45) is 3.96. The highest BCUT2D eigenvalue weighted by atomic mass is 35.5. The molecule has 1 N–H and O–H groups in total. The van der Waals surface area contributed by atoms with E-state index in [0.717, 1.165) is 31.2 Å². The van der Waals surface area contributed by atoms with E-state index in [2.05, 4.69) is 26.1 Å². The topological polar surface area (TPSA) is 29.1 Å². The number of benzene rings is 1. The van der Waals surface area contributed by atoms with Crippen molar-refractivity contribution in [2.45, 2.75) is 63.3 Å². The van der Waals surface area contributed by atoms with Gasteiger partial charge < -0.3 is 5.32 Å². The van der Waals surface area contributed by atoms with E-state index in [0.29, 0.717) is 0 Å². The first-order chi connectivity index (χ1) is 9.36. The lowest BCUT2D eigenvalue weighted by atomic mass is 9.86. The van der Waals surface area contributed by atoms with Gasteiger partial charge in [-0.2, -0.15) is 0 Å². The SMILES string of the molecule is CC(C)(C)c1ccc(C(=O)NC2CCC(Cl)CC2)cc1. The van der Waals surface area contributed by atoms with E-state index >= 15 is 0 Å².